The van der Waals surface area contributed by atoms with E-state index in [-0.39, 0.29) is 49.6 Å². The van der Waals surface area contributed by atoms with Crippen molar-refractivity contribution in [3.8, 4) is 0 Å². The van der Waals surface area contributed by atoms with Crippen LogP contribution in [0.2, 0.25) is 0 Å². The first-order valence-electron chi connectivity index (χ1n) is 12.7. The van der Waals surface area contributed by atoms with Gasteiger partial charge in [-0.15, -0.1) is 11.3 Å². The number of nitrogens with zero attached hydrogens (tertiary/aromatic N) is 5. The van der Waals surface area contributed by atoms with Crippen molar-refractivity contribution in [2.24, 2.45) is 5.92 Å². The maximum atomic E-state index is 14.2. The van der Waals surface area contributed by atoms with Gasteiger partial charge >= 0.3 is 6.18 Å². The van der Waals surface area contributed by atoms with Crippen molar-refractivity contribution in [1.29, 1.82) is 0 Å². The first-order chi connectivity index (χ1) is 18.5. The molecule has 39 heavy (non-hydrogen) atoms. The van der Waals surface area contributed by atoms with Gasteiger partial charge in [-0.25, -0.2) is 9.37 Å². The summed E-state index contributed by atoms with van der Waals surface area (Å²) in [5.74, 6) is -2.42. The highest BCUT2D eigenvalue weighted by atomic mass is 32.1. The van der Waals surface area contributed by atoms with Crippen molar-refractivity contribution >= 4 is 39.1 Å². The second kappa shape index (κ2) is 10.6. The molecular formula is C26H27F4N5O3S. The SMILES string of the molecule is Cc1c(C(=O)N2CCN(c3ccccc3F)CC2)sc2ncn(CC(=O)N3CCC(C(F)(F)F)CC3)c(=O)c12. The van der Waals surface area contributed by atoms with Crippen molar-refractivity contribution in [2.75, 3.05) is 44.2 Å². The molecule has 0 saturated carbocycles. The molecule has 2 aliphatic rings. The number of piperidine rings is 1. The largest absolute Gasteiger partial charge is 0.391 e. The number of alkyl halides is 3. The fourth-order valence-corrected chi connectivity index (χ4v) is 6.29. The van der Waals surface area contributed by atoms with Crippen LogP contribution in [0.15, 0.2) is 35.4 Å². The smallest absolute Gasteiger partial charge is 0.366 e. The summed E-state index contributed by atoms with van der Waals surface area (Å²) >= 11 is 1.11. The number of hydrogen-bond acceptors (Lipinski definition) is 6. The van der Waals surface area contributed by atoms with E-state index in [1.54, 1.807) is 30.0 Å². The summed E-state index contributed by atoms with van der Waals surface area (Å²) in [4.78, 5) is 49.3. The molecule has 2 fully saturated rings. The van der Waals surface area contributed by atoms with Gasteiger partial charge in [0.25, 0.3) is 11.5 Å². The molecule has 4 heterocycles. The van der Waals surface area contributed by atoms with Crippen LogP contribution in [0.4, 0.5) is 23.2 Å². The molecule has 0 aliphatic carbocycles. The lowest BCUT2D eigenvalue weighted by molar-refractivity contribution is -0.186. The Labute approximate surface area is 225 Å². The van der Waals surface area contributed by atoms with E-state index in [9.17, 15) is 31.9 Å². The highest BCUT2D eigenvalue weighted by molar-refractivity contribution is 7.20. The average Bonchev–Trinajstić information content (AvgIpc) is 3.26. The monoisotopic (exact) mass is 565 g/mol. The zero-order valence-electron chi connectivity index (χ0n) is 21.2. The number of carbonyl (C=O) groups is 2. The van der Waals surface area contributed by atoms with Crippen LogP contribution in [0.1, 0.15) is 28.1 Å². The van der Waals surface area contributed by atoms with Gasteiger partial charge in [-0.2, -0.15) is 13.2 Å². The molecule has 0 atom stereocenters. The summed E-state index contributed by atoms with van der Waals surface area (Å²) in [6.07, 6.45) is -3.36. The fraction of sp³-hybridized carbons (Fsp3) is 0.462. The van der Waals surface area contributed by atoms with Crippen LogP contribution in [-0.4, -0.2) is 76.6 Å². The summed E-state index contributed by atoms with van der Waals surface area (Å²) < 4.78 is 54.1. The number of aryl methyl sites for hydroxylation is 1. The highest BCUT2D eigenvalue weighted by Crippen LogP contribution is 2.34. The van der Waals surface area contributed by atoms with Crippen LogP contribution < -0.4 is 10.5 Å². The summed E-state index contributed by atoms with van der Waals surface area (Å²) in [6, 6.07) is 6.49. The van der Waals surface area contributed by atoms with Crippen molar-refractivity contribution < 1.29 is 27.2 Å². The minimum Gasteiger partial charge on any atom is -0.366 e. The molecule has 0 spiro atoms. The Morgan fingerprint density at radius 2 is 1.69 bits per heavy atom. The number of fused-ring (bicyclic) bond motifs is 1. The lowest BCUT2D eigenvalue weighted by Crippen LogP contribution is -2.49. The minimum atomic E-state index is -4.28. The molecule has 3 aromatic rings. The average molecular weight is 566 g/mol. The van der Waals surface area contributed by atoms with Gasteiger partial charge in [0.1, 0.15) is 17.2 Å². The summed E-state index contributed by atoms with van der Waals surface area (Å²) in [7, 11) is 0. The summed E-state index contributed by atoms with van der Waals surface area (Å²) in [5, 5.41) is 0.249. The summed E-state index contributed by atoms with van der Waals surface area (Å²) in [6.45, 7) is 2.99. The second-order valence-corrected chi connectivity index (χ2v) is 10.8. The first kappa shape index (κ1) is 27.1. The predicted octanol–water partition coefficient (Wildman–Crippen LogP) is 3.67. The van der Waals surface area contributed by atoms with Gasteiger partial charge in [-0.05, 0) is 37.5 Å². The van der Waals surface area contributed by atoms with E-state index in [2.05, 4.69) is 4.98 Å². The Morgan fingerprint density at radius 1 is 1.03 bits per heavy atom. The molecule has 0 bridgehead atoms. The molecular weight excluding hydrogens is 538 g/mol. The molecule has 0 radical (unpaired) electrons. The molecule has 1 aromatic carbocycles. The normalized spacial score (nSPS) is 17.2. The molecule has 2 saturated heterocycles. The number of anilines is 1. The lowest BCUT2D eigenvalue weighted by atomic mass is 9.96. The predicted molar refractivity (Wildman–Crippen MR) is 138 cm³/mol. The van der Waals surface area contributed by atoms with Crippen LogP contribution in [-0.2, 0) is 11.3 Å². The topological polar surface area (TPSA) is 78.8 Å². The third-order valence-corrected chi connectivity index (χ3v) is 8.68. The molecule has 0 unspecified atom stereocenters. The van der Waals surface area contributed by atoms with Crippen LogP contribution in [0, 0.1) is 18.7 Å². The molecule has 2 aliphatic heterocycles. The van der Waals surface area contributed by atoms with Crippen molar-refractivity contribution in [3.05, 3.63) is 57.2 Å². The number of thiophene rings is 1. The van der Waals surface area contributed by atoms with E-state index >= 15 is 0 Å². The molecule has 8 nitrogen and oxygen atoms in total. The number of amides is 2. The summed E-state index contributed by atoms with van der Waals surface area (Å²) in [5.41, 5.74) is 0.490. The van der Waals surface area contributed by atoms with Gasteiger partial charge < -0.3 is 14.7 Å². The van der Waals surface area contributed by atoms with E-state index in [0.29, 0.717) is 47.1 Å². The molecule has 5 rings (SSSR count). The number of carbonyl (C=O) groups excluding carboxylic acids is 2. The number of para-hydroxylation sites is 1. The van der Waals surface area contributed by atoms with Gasteiger partial charge in [0, 0.05) is 39.3 Å². The third kappa shape index (κ3) is 5.36. The number of aromatic nitrogens is 2. The van der Waals surface area contributed by atoms with Crippen molar-refractivity contribution in [3.63, 3.8) is 0 Å². The van der Waals surface area contributed by atoms with Crippen LogP contribution in [0.5, 0.6) is 0 Å². The van der Waals surface area contributed by atoms with Gasteiger partial charge in [0.2, 0.25) is 5.91 Å². The number of benzene rings is 1. The van der Waals surface area contributed by atoms with Gasteiger partial charge in [0.15, 0.2) is 0 Å². The van der Waals surface area contributed by atoms with Crippen molar-refractivity contribution in [2.45, 2.75) is 32.5 Å². The standard InChI is InChI=1S/C26H27F4N5O3S/c1-16-21-23(31-15-35(24(21)37)14-20(36)33-8-6-17(7-9-33)26(28,29)30)39-22(16)25(38)34-12-10-32(11-13-34)19-5-3-2-4-18(19)27/h2-5,15,17H,6-14H2,1H3. The van der Waals surface area contributed by atoms with Crippen LogP contribution in [0.25, 0.3) is 10.2 Å². The van der Waals surface area contributed by atoms with E-state index in [1.807, 2.05) is 4.90 Å². The van der Waals surface area contributed by atoms with Gasteiger partial charge in [-0.3, -0.25) is 19.0 Å². The minimum absolute atomic E-state index is 0.0201. The molecule has 2 aromatic heterocycles. The lowest BCUT2D eigenvalue weighted by Gasteiger charge is -2.36. The third-order valence-electron chi connectivity index (χ3n) is 7.49. The van der Waals surface area contributed by atoms with Gasteiger partial charge in [-0.1, -0.05) is 12.1 Å². The Balaban J connectivity index is 1.28. The number of rotatable bonds is 4. The van der Waals surface area contributed by atoms with E-state index in [1.165, 1.54) is 17.3 Å². The van der Waals surface area contributed by atoms with Crippen molar-refractivity contribution in [1.82, 2.24) is 19.4 Å². The zero-order chi connectivity index (χ0) is 27.9. The number of halogens is 4. The zero-order valence-corrected chi connectivity index (χ0v) is 22.0. The fourth-order valence-electron chi connectivity index (χ4n) is 5.18. The molecule has 208 valence electrons. The number of likely N-dealkylation sites (tertiary alicyclic amines) is 1. The second-order valence-electron chi connectivity index (χ2n) is 9.84. The Hall–Kier alpha value is -3.48. The Bertz CT molecular complexity index is 1450. The maximum Gasteiger partial charge on any atom is 0.391 e. The molecule has 13 heteroatoms. The molecule has 0 N–H and O–H groups in total. The van der Waals surface area contributed by atoms with Crippen LogP contribution in [0.3, 0.4) is 0 Å². The maximum absolute atomic E-state index is 14.2. The molecule has 2 amide bonds. The van der Waals surface area contributed by atoms with Crippen LogP contribution >= 0.6 is 11.3 Å². The van der Waals surface area contributed by atoms with E-state index in [0.717, 1.165) is 15.9 Å². The highest BCUT2D eigenvalue weighted by Gasteiger charge is 2.41. The first-order valence-corrected chi connectivity index (χ1v) is 13.5. The number of hydrogen-bond donors (Lipinski definition) is 0. The Kier molecular flexibility index (Phi) is 7.36. The quantitative estimate of drug-likeness (QED) is 0.452. The number of piperazine rings is 1. The van der Waals surface area contributed by atoms with E-state index in [4.69, 9.17) is 0 Å². The van der Waals surface area contributed by atoms with Gasteiger partial charge in [0.05, 0.1) is 28.2 Å². The van der Waals surface area contributed by atoms with E-state index < -0.39 is 23.6 Å². The Morgan fingerprint density at radius 3 is 2.33 bits per heavy atom.